The third kappa shape index (κ3) is 3.19. The molecule has 0 unspecified atom stereocenters. The van der Waals surface area contributed by atoms with E-state index in [2.05, 4.69) is 10.2 Å². The van der Waals surface area contributed by atoms with E-state index in [-0.39, 0.29) is 11.9 Å². The Labute approximate surface area is 84.8 Å². The fourth-order valence-electron chi connectivity index (χ4n) is 0.937. The molecule has 0 spiro atoms. The fraction of sp³-hybridized carbons (Fsp3) is 0.714. The van der Waals surface area contributed by atoms with Gasteiger partial charge in [0.2, 0.25) is 5.28 Å². The van der Waals surface area contributed by atoms with Gasteiger partial charge in [0, 0.05) is 0 Å². The molecule has 1 rings (SSSR count). The summed E-state index contributed by atoms with van der Waals surface area (Å²) in [7, 11) is 0. The molecule has 0 aliphatic carbocycles. The van der Waals surface area contributed by atoms with Crippen LogP contribution in [-0.2, 0) is 11.3 Å². The van der Waals surface area contributed by atoms with Crippen LogP contribution in [0.3, 0.4) is 0 Å². The smallest absolute Gasteiger partial charge is 0.261 e. The first-order valence-corrected chi connectivity index (χ1v) is 4.40. The molecule has 1 aromatic rings. The molecule has 0 aliphatic heterocycles. The van der Waals surface area contributed by atoms with E-state index < -0.39 is 13.0 Å². The summed E-state index contributed by atoms with van der Waals surface area (Å²) in [6.45, 7) is 1.72. The molecule has 0 saturated carbocycles. The zero-order valence-corrected chi connectivity index (χ0v) is 8.34. The molecule has 0 N–H and O–H groups in total. The molecule has 0 saturated heterocycles. The number of ether oxygens (including phenoxy) is 1. The molecular weight excluding hydrogens is 216 g/mol. The Morgan fingerprint density at radius 1 is 1.50 bits per heavy atom. The van der Waals surface area contributed by atoms with Crippen molar-refractivity contribution in [2.45, 2.75) is 19.9 Å². The van der Waals surface area contributed by atoms with Gasteiger partial charge in [0.25, 0.3) is 6.43 Å². The van der Waals surface area contributed by atoms with Crippen molar-refractivity contribution < 1.29 is 13.5 Å². The molecule has 0 bridgehead atoms. The molecule has 0 aliphatic rings. The van der Waals surface area contributed by atoms with Crippen molar-refractivity contribution in [3.63, 3.8) is 0 Å². The van der Waals surface area contributed by atoms with E-state index in [4.69, 9.17) is 16.3 Å². The van der Waals surface area contributed by atoms with E-state index in [0.717, 1.165) is 0 Å². The number of aryl methyl sites for hydroxylation is 1. The number of halogens is 3. The molecule has 0 fully saturated rings. The normalized spacial score (nSPS) is 11.2. The lowest BCUT2D eigenvalue weighted by Crippen LogP contribution is -2.11. The Bertz CT molecular complexity index is 273. The summed E-state index contributed by atoms with van der Waals surface area (Å²) in [6, 6.07) is 0. The first-order valence-electron chi connectivity index (χ1n) is 4.02. The fourth-order valence-corrected chi connectivity index (χ4v) is 1.18. The van der Waals surface area contributed by atoms with Gasteiger partial charge in [-0.25, -0.2) is 8.78 Å². The van der Waals surface area contributed by atoms with Crippen LogP contribution in [0.25, 0.3) is 0 Å². The van der Waals surface area contributed by atoms with Crippen LogP contribution in [0.4, 0.5) is 8.78 Å². The molecule has 80 valence electrons. The van der Waals surface area contributed by atoms with E-state index in [0.29, 0.717) is 12.4 Å². The number of nitrogens with zero attached hydrogens (tertiary/aromatic N) is 3. The highest BCUT2D eigenvalue weighted by atomic mass is 35.5. The number of hydrogen-bond donors (Lipinski definition) is 0. The summed E-state index contributed by atoms with van der Waals surface area (Å²) in [5.74, 6) is 0.635. The molecule has 0 radical (unpaired) electrons. The maximum Gasteiger partial charge on any atom is 0.261 e. The maximum atomic E-state index is 11.7. The predicted octanol–water partition coefficient (Wildman–Crippen LogP) is 1.52. The van der Waals surface area contributed by atoms with Gasteiger partial charge in [-0.05, 0) is 18.5 Å². The van der Waals surface area contributed by atoms with Crippen LogP contribution in [0.1, 0.15) is 5.82 Å². The van der Waals surface area contributed by atoms with Gasteiger partial charge in [-0.15, -0.1) is 10.2 Å². The standard InChI is InChI=1S/C7H10ClF2N3O/c1-5-11-12-7(8)13(5)2-3-14-4-6(9)10/h6H,2-4H2,1H3. The molecule has 1 heterocycles. The monoisotopic (exact) mass is 225 g/mol. The zero-order chi connectivity index (χ0) is 10.6. The molecule has 1 aromatic heterocycles. The van der Waals surface area contributed by atoms with Crippen LogP contribution < -0.4 is 0 Å². The van der Waals surface area contributed by atoms with Gasteiger partial charge in [0.15, 0.2) is 0 Å². The van der Waals surface area contributed by atoms with Crippen molar-refractivity contribution >= 4 is 11.6 Å². The highest BCUT2D eigenvalue weighted by Crippen LogP contribution is 2.06. The highest BCUT2D eigenvalue weighted by Gasteiger charge is 2.06. The van der Waals surface area contributed by atoms with Crippen molar-refractivity contribution in [3.8, 4) is 0 Å². The van der Waals surface area contributed by atoms with E-state index in [1.165, 1.54) is 0 Å². The topological polar surface area (TPSA) is 39.9 Å². The Morgan fingerprint density at radius 3 is 2.71 bits per heavy atom. The van der Waals surface area contributed by atoms with E-state index in [1.807, 2.05) is 0 Å². The van der Waals surface area contributed by atoms with Gasteiger partial charge in [-0.1, -0.05) is 0 Å². The number of aromatic nitrogens is 3. The number of hydrogen-bond acceptors (Lipinski definition) is 3. The van der Waals surface area contributed by atoms with Gasteiger partial charge >= 0.3 is 0 Å². The summed E-state index contributed by atoms with van der Waals surface area (Å²) < 4.78 is 29.6. The SMILES string of the molecule is Cc1nnc(Cl)n1CCOCC(F)F. The van der Waals surface area contributed by atoms with E-state index in [9.17, 15) is 8.78 Å². The second-order valence-corrected chi connectivity index (χ2v) is 2.97. The summed E-state index contributed by atoms with van der Waals surface area (Å²) in [4.78, 5) is 0. The Kier molecular flexibility index (Phi) is 4.21. The summed E-state index contributed by atoms with van der Waals surface area (Å²) >= 11 is 5.67. The van der Waals surface area contributed by atoms with Crippen LogP contribution in [0.5, 0.6) is 0 Å². The second kappa shape index (κ2) is 5.21. The van der Waals surface area contributed by atoms with Gasteiger partial charge in [-0.2, -0.15) is 0 Å². The minimum atomic E-state index is -2.44. The zero-order valence-electron chi connectivity index (χ0n) is 7.58. The first-order chi connectivity index (χ1) is 6.61. The van der Waals surface area contributed by atoms with Crippen LogP contribution in [0.2, 0.25) is 5.28 Å². The van der Waals surface area contributed by atoms with Crippen LogP contribution in [-0.4, -0.2) is 34.4 Å². The van der Waals surface area contributed by atoms with Gasteiger partial charge in [-0.3, -0.25) is 4.57 Å². The van der Waals surface area contributed by atoms with Crippen LogP contribution in [0, 0.1) is 6.92 Å². The van der Waals surface area contributed by atoms with Crippen LogP contribution >= 0.6 is 11.6 Å². The molecule has 0 amide bonds. The Morgan fingerprint density at radius 2 is 2.21 bits per heavy atom. The van der Waals surface area contributed by atoms with Gasteiger partial charge in [0.05, 0.1) is 13.2 Å². The van der Waals surface area contributed by atoms with Gasteiger partial charge < -0.3 is 4.74 Å². The number of rotatable bonds is 5. The highest BCUT2D eigenvalue weighted by molar-refractivity contribution is 6.28. The largest absolute Gasteiger partial charge is 0.374 e. The van der Waals surface area contributed by atoms with Gasteiger partial charge in [0.1, 0.15) is 12.4 Å². The van der Waals surface area contributed by atoms with E-state index in [1.54, 1.807) is 11.5 Å². The predicted molar refractivity (Wildman–Crippen MR) is 46.6 cm³/mol. The van der Waals surface area contributed by atoms with E-state index >= 15 is 0 Å². The minimum absolute atomic E-state index is 0.170. The molecule has 4 nitrogen and oxygen atoms in total. The third-order valence-electron chi connectivity index (χ3n) is 1.59. The third-order valence-corrected chi connectivity index (χ3v) is 1.87. The maximum absolute atomic E-state index is 11.7. The molecule has 7 heteroatoms. The second-order valence-electron chi connectivity index (χ2n) is 2.63. The summed E-state index contributed by atoms with van der Waals surface area (Å²) in [5.41, 5.74) is 0. The lowest BCUT2D eigenvalue weighted by Gasteiger charge is -2.05. The average molecular weight is 226 g/mol. The van der Waals surface area contributed by atoms with Crippen LogP contribution in [0.15, 0.2) is 0 Å². The molecule has 14 heavy (non-hydrogen) atoms. The number of alkyl halides is 2. The average Bonchev–Trinajstić information content (AvgIpc) is 2.42. The quantitative estimate of drug-likeness (QED) is 0.714. The van der Waals surface area contributed by atoms with Crippen molar-refractivity contribution in [1.82, 2.24) is 14.8 Å². The van der Waals surface area contributed by atoms with Crippen molar-refractivity contribution in [2.75, 3.05) is 13.2 Å². The molecular formula is C7H10ClF2N3O. The van der Waals surface area contributed by atoms with Crippen molar-refractivity contribution in [1.29, 1.82) is 0 Å². The summed E-state index contributed by atoms with van der Waals surface area (Å²) in [5, 5.41) is 7.55. The lowest BCUT2D eigenvalue weighted by molar-refractivity contribution is 0.0146. The summed E-state index contributed by atoms with van der Waals surface area (Å²) in [6.07, 6.45) is -2.44. The molecule has 0 aromatic carbocycles. The lowest BCUT2D eigenvalue weighted by atomic mass is 10.6. The van der Waals surface area contributed by atoms with Crippen molar-refractivity contribution in [2.24, 2.45) is 0 Å². The molecule has 0 atom stereocenters. The van der Waals surface area contributed by atoms with Crippen molar-refractivity contribution in [3.05, 3.63) is 11.1 Å². The Hall–Kier alpha value is -0.750. The minimum Gasteiger partial charge on any atom is -0.374 e. The Balaban J connectivity index is 2.31. The first kappa shape index (κ1) is 11.3.